The van der Waals surface area contributed by atoms with E-state index in [1.54, 1.807) is 0 Å². The normalized spacial score (nSPS) is 21.0. The second-order valence-electron chi connectivity index (χ2n) is 5.29. The SMILES string of the molecule is CCNC(C(=O)O)C1CCN(Cc2cccc(Cl)c2)C1. The second-order valence-corrected chi connectivity index (χ2v) is 5.72. The molecule has 1 aliphatic rings. The van der Waals surface area contributed by atoms with Crippen LogP contribution in [0.2, 0.25) is 5.02 Å². The van der Waals surface area contributed by atoms with Gasteiger partial charge in [-0.15, -0.1) is 0 Å². The van der Waals surface area contributed by atoms with Gasteiger partial charge < -0.3 is 10.4 Å². The molecular formula is C15H21ClN2O2. The van der Waals surface area contributed by atoms with Crippen LogP contribution in [0.5, 0.6) is 0 Å². The topological polar surface area (TPSA) is 52.6 Å². The number of aliphatic carboxylic acids is 1. The van der Waals surface area contributed by atoms with E-state index in [1.807, 2.05) is 25.1 Å². The van der Waals surface area contributed by atoms with E-state index in [1.165, 1.54) is 5.56 Å². The number of hydrogen-bond acceptors (Lipinski definition) is 3. The average Bonchev–Trinajstić information content (AvgIpc) is 2.83. The molecule has 1 heterocycles. The van der Waals surface area contributed by atoms with Crippen LogP contribution >= 0.6 is 11.6 Å². The van der Waals surface area contributed by atoms with Crippen molar-refractivity contribution in [2.24, 2.45) is 5.92 Å². The summed E-state index contributed by atoms with van der Waals surface area (Å²) in [5, 5.41) is 13.1. The molecule has 0 bridgehead atoms. The molecule has 20 heavy (non-hydrogen) atoms. The lowest BCUT2D eigenvalue weighted by atomic mass is 9.99. The summed E-state index contributed by atoms with van der Waals surface area (Å²) in [5.41, 5.74) is 1.17. The van der Waals surface area contributed by atoms with E-state index >= 15 is 0 Å². The highest BCUT2D eigenvalue weighted by Gasteiger charge is 2.33. The van der Waals surface area contributed by atoms with Crippen LogP contribution in [-0.4, -0.2) is 41.7 Å². The average molecular weight is 297 g/mol. The molecule has 4 nitrogen and oxygen atoms in total. The van der Waals surface area contributed by atoms with Crippen LogP contribution in [0.15, 0.2) is 24.3 Å². The van der Waals surface area contributed by atoms with Gasteiger partial charge in [0.15, 0.2) is 0 Å². The van der Waals surface area contributed by atoms with Crippen LogP contribution < -0.4 is 5.32 Å². The first kappa shape index (κ1) is 15.3. The van der Waals surface area contributed by atoms with Gasteiger partial charge in [0.05, 0.1) is 0 Å². The number of halogens is 1. The summed E-state index contributed by atoms with van der Waals surface area (Å²) in [6.07, 6.45) is 0.921. The summed E-state index contributed by atoms with van der Waals surface area (Å²) in [6.45, 7) is 5.20. The first-order chi connectivity index (χ1) is 9.60. The van der Waals surface area contributed by atoms with Gasteiger partial charge in [-0.05, 0) is 43.1 Å². The number of nitrogens with zero attached hydrogens (tertiary/aromatic N) is 1. The Hall–Kier alpha value is -1.10. The van der Waals surface area contributed by atoms with Crippen LogP contribution in [0.4, 0.5) is 0 Å². The van der Waals surface area contributed by atoms with E-state index in [0.717, 1.165) is 31.1 Å². The summed E-state index contributed by atoms with van der Waals surface area (Å²) in [4.78, 5) is 13.6. The van der Waals surface area contributed by atoms with Crippen molar-refractivity contribution >= 4 is 17.6 Å². The maximum Gasteiger partial charge on any atom is 0.321 e. The summed E-state index contributed by atoms with van der Waals surface area (Å²) in [7, 11) is 0. The zero-order valence-corrected chi connectivity index (χ0v) is 12.4. The fraction of sp³-hybridized carbons (Fsp3) is 0.533. The van der Waals surface area contributed by atoms with Gasteiger partial charge in [0.1, 0.15) is 6.04 Å². The predicted molar refractivity (Wildman–Crippen MR) is 79.9 cm³/mol. The van der Waals surface area contributed by atoms with E-state index in [9.17, 15) is 9.90 Å². The monoisotopic (exact) mass is 296 g/mol. The molecule has 0 saturated carbocycles. The number of likely N-dealkylation sites (tertiary alicyclic amines) is 1. The Morgan fingerprint density at radius 1 is 1.60 bits per heavy atom. The zero-order chi connectivity index (χ0) is 14.5. The van der Waals surface area contributed by atoms with E-state index in [2.05, 4.69) is 16.3 Å². The first-order valence-corrected chi connectivity index (χ1v) is 7.41. The number of nitrogens with one attached hydrogen (secondary N) is 1. The van der Waals surface area contributed by atoms with E-state index in [0.29, 0.717) is 6.54 Å². The number of carboxylic acids is 1. The fourth-order valence-corrected chi connectivity index (χ4v) is 3.06. The number of carboxylic acid groups (broad SMARTS) is 1. The molecule has 0 aromatic heterocycles. The van der Waals surface area contributed by atoms with Crippen molar-refractivity contribution in [2.75, 3.05) is 19.6 Å². The highest BCUT2D eigenvalue weighted by molar-refractivity contribution is 6.30. The number of carbonyl (C=O) groups is 1. The summed E-state index contributed by atoms with van der Waals surface area (Å²) in [5.74, 6) is -0.576. The first-order valence-electron chi connectivity index (χ1n) is 7.03. The third kappa shape index (κ3) is 3.95. The van der Waals surface area contributed by atoms with Crippen molar-refractivity contribution in [3.63, 3.8) is 0 Å². The second kappa shape index (κ2) is 7.07. The number of hydrogen-bond donors (Lipinski definition) is 2. The number of rotatable bonds is 6. The Morgan fingerprint density at radius 2 is 2.40 bits per heavy atom. The largest absolute Gasteiger partial charge is 0.480 e. The van der Waals surface area contributed by atoms with Gasteiger partial charge in [-0.3, -0.25) is 9.69 Å². The molecule has 1 aromatic rings. The van der Waals surface area contributed by atoms with E-state index in [4.69, 9.17) is 11.6 Å². The Balaban J connectivity index is 1.93. The smallest absolute Gasteiger partial charge is 0.321 e. The van der Waals surface area contributed by atoms with Crippen molar-refractivity contribution in [3.8, 4) is 0 Å². The van der Waals surface area contributed by atoms with Gasteiger partial charge in [-0.2, -0.15) is 0 Å². The van der Waals surface area contributed by atoms with Gasteiger partial charge in [0, 0.05) is 18.1 Å². The molecule has 0 amide bonds. The molecule has 110 valence electrons. The van der Waals surface area contributed by atoms with Crippen LogP contribution in [0.25, 0.3) is 0 Å². The Morgan fingerprint density at radius 3 is 3.05 bits per heavy atom. The molecule has 1 aliphatic heterocycles. The number of likely N-dealkylation sites (N-methyl/N-ethyl adjacent to an activating group) is 1. The van der Waals surface area contributed by atoms with Crippen molar-refractivity contribution in [1.82, 2.24) is 10.2 Å². The lowest BCUT2D eigenvalue weighted by molar-refractivity contribution is -0.140. The van der Waals surface area contributed by atoms with Crippen molar-refractivity contribution < 1.29 is 9.90 Å². The quantitative estimate of drug-likeness (QED) is 0.845. The molecule has 1 saturated heterocycles. The third-order valence-electron chi connectivity index (χ3n) is 3.77. The highest BCUT2D eigenvalue weighted by atomic mass is 35.5. The molecule has 0 aliphatic carbocycles. The zero-order valence-electron chi connectivity index (χ0n) is 11.7. The van der Waals surface area contributed by atoms with Gasteiger partial charge in [-0.1, -0.05) is 30.7 Å². The Labute approximate surface area is 124 Å². The third-order valence-corrected chi connectivity index (χ3v) is 4.00. The fourth-order valence-electron chi connectivity index (χ4n) is 2.85. The molecule has 2 N–H and O–H groups in total. The van der Waals surface area contributed by atoms with Crippen LogP contribution in [0.1, 0.15) is 18.9 Å². The molecule has 2 rings (SSSR count). The molecule has 0 radical (unpaired) electrons. The standard InChI is InChI=1S/C15H21ClN2O2/c1-2-17-14(15(19)20)12-6-7-18(10-12)9-11-4-3-5-13(16)8-11/h3-5,8,12,14,17H,2,6-7,9-10H2,1H3,(H,19,20). The lowest BCUT2D eigenvalue weighted by Gasteiger charge is -2.21. The minimum absolute atomic E-state index is 0.173. The van der Waals surface area contributed by atoms with Crippen molar-refractivity contribution in [1.29, 1.82) is 0 Å². The van der Waals surface area contributed by atoms with Gasteiger partial charge in [-0.25, -0.2) is 0 Å². The maximum atomic E-state index is 11.3. The van der Waals surface area contributed by atoms with Crippen molar-refractivity contribution in [2.45, 2.75) is 25.9 Å². The molecule has 2 unspecified atom stereocenters. The Bertz CT molecular complexity index is 467. The van der Waals surface area contributed by atoms with Crippen LogP contribution in [-0.2, 0) is 11.3 Å². The van der Waals surface area contributed by atoms with Crippen LogP contribution in [0, 0.1) is 5.92 Å². The highest BCUT2D eigenvalue weighted by Crippen LogP contribution is 2.22. The molecule has 0 spiro atoms. The summed E-state index contributed by atoms with van der Waals surface area (Å²) >= 11 is 5.99. The number of benzene rings is 1. The molecule has 1 aromatic carbocycles. The van der Waals surface area contributed by atoms with Crippen molar-refractivity contribution in [3.05, 3.63) is 34.9 Å². The minimum Gasteiger partial charge on any atom is -0.480 e. The molecule has 5 heteroatoms. The van der Waals surface area contributed by atoms with Gasteiger partial charge in [0.25, 0.3) is 0 Å². The lowest BCUT2D eigenvalue weighted by Crippen LogP contribution is -2.43. The van der Waals surface area contributed by atoms with E-state index in [-0.39, 0.29) is 5.92 Å². The van der Waals surface area contributed by atoms with Gasteiger partial charge in [0.2, 0.25) is 0 Å². The summed E-state index contributed by atoms with van der Waals surface area (Å²) < 4.78 is 0. The summed E-state index contributed by atoms with van der Waals surface area (Å²) in [6, 6.07) is 7.39. The molecular weight excluding hydrogens is 276 g/mol. The Kier molecular flexibility index (Phi) is 5.40. The van der Waals surface area contributed by atoms with E-state index < -0.39 is 12.0 Å². The molecule has 1 fully saturated rings. The minimum atomic E-state index is -0.749. The predicted octanol–water partition coefficient (Wildman–Crippen LogP) is 2.22. The molecule has 2 atom stereocenters. The maximum absolute atomic E-state index is 11.3. The van der Waals surface area contributed by atoms with Gasteiger partial charge >= 0.3 is 5.97 Å². The van der Waals surface area contributed by atoms with Crippen LogP contribution in [0.3, 0.4) is 0 Å².